The fraction of sp³-hybridized carbons (Fsp3) is 0.688. The molecule has 0 aromatic carbocycles. The molecule has 1 aliphatic carbocycles. The molecule has 3 rings (SSSR count). The Balaban J connectivity index is 1.84. The van der Waals surface area contributed by atoms with Crippen molar-refractivity contribution in [2.24, 2.45) is 11.3 Å². The molecule has 5 nitrogen and oxygen atoms in total. The molecule has 1 N–H and O–H groups in total. The second kappa shape index (κ2) is 5.28. The van der Waals surface area contributed by atoms with E-state index in [4.69, 9.17) is 0 Å². The van der Waals surface area contributed by atoms with E-state index in [0.717, 1.165) is 51.0 Å². The molecule has 1 saturated heterocycles. The summed E-state index contributed by atoms with van der Waals surface area (Å²) in [5.41, 5.74) is 1.78. The van der Waals surface area contributed by atoms with Crippen LogP contribution in [0.2, 0.25) is 0 Å². The van der Waals surface area contributed by atoms with Crippen LogP contribution in [0.1, 0.15) is 44.4 Å². The number of carboxylic acid groups (broad SMARTS) is 1. The number of anilines is 1. The van der Waals surface area contributed by atoms with Gasteiger partial charge in [0.2, 0.25) is 0 Å². The Bertz CT molecular complexity index is 556. The van der Waals surface area contributed by atoms with Crippen molar-refractivity contribution in [3.63, 3.8) is 0 Å². The Morgan fingerprint density at radius 1 is 1.33 bits per heavy atom. The van der Waals surface area contributed by atoms with Gasteiger partial charge < -0.3 is 10.0 Å². The van der Waals surface area contributed by atoms with Crippen LogP contribution in [0.3, 0.4) is 0 Å². The predicted molar refractivity (Wildman–Crippen MR) is 80.4 cm³/mol. The van der Waals surface area contributed by atoms with Gasteiger partial charge in [0.25, 0.3) is 0 Å². The van der Waals surface area contributed by atoms with Gasteiger partial charge >= 0.3 is 5.97 Å². The van der Waals surface area contributed by atoms with Crippen molar-refractivity contribution in [3.05, 3.63) is 17.6 Å². The maximum absolute atomic E-state index is 11.5. The lowest BCUT2D eigenvalue weighted by molar-refractivity contribution is -0.150. The first-order chi connectivity index (χ1) is 10.00. The van der Waals surface area contributed by atoms with E-state index in [0.29, 0.717) is 0 Å². The molecule has 1 atom stereocenters. The van der Waals surface area contributed by atoms with Crippen molar-refractivity contribution in [1.82, 2.24) is 9.97 Å². The van der Waals surface area contributed by atoms with Gasteiger partial charge in [-0.25, -0.2) is 9.97 Å². The third-order valence-electron chi connectivity index (χ3n) is 5.14. The van der Waals surface area contributed by atoms with Gasteiger partial charge in [0, 0.05) is 24.3 Å². The van der Waals surface area contributed by atoms with E-state index in [1.54, 1.807) is 6.33 Å². The number of rotatable bonds is 3. The average molecular weight is 289 g/mol. The minimum Gasteiger partial charge on any atom is -0.481 e. The normalized spacial score (nSPS) is 22.2. The van der Waals surface area contributed by atoms with Crippen LogP contribution in [-0.2, 0) is 17.6 Å². The van der Waals surface area contributed by atoms with Gasteiger partial charge in [-0.3, -0.25) is 4.79 Å². The zero-order chi connectivity index (χ0) is 15.0. The van der Waals surface area contributed by atoms with E-state index >= 15 is 0 Å². The standard InChI is InChI=1S/C16H23N3O2/c1-16(2,15(20)21)11-5-4-8-19(9-11)14-12-6-3-7-13(12)17-10-18-14/h10-11H,3-9H2,1-2H3,(H,20,21). The summed E-state index contributed by atoms with van der Waals surface area (Å²) < 4.78 is 0. The third kappa shape index (κ3) is 2.49. The molecule has 1 fully saturated rings. The number of hydrogen-bond acceptors (Lipinski definition) is 4. The second-order valence-electron chi connectivity index (χ2n) is 6.79. The minimum atomic E-state index is -0.706. The largest absolute Gasteiger partial charge is 0.481 e. The summed E-state index contributed by atoms with van der Waals surface area (Å²) in [6, 6.07) is 0. The van der Waals surface area contributed by atoms with Gasteiger partial charge in [-0.15, -0.1) is 0 Å². The molecule has 1 aromatic rings. The van der Waals surface area contributed by atoms with Gasteiger partial charge in [-0.2, -0.15) is 0 Å². The summed E-state index contributed by atoms with van der Waals surface area (Å²) in [7, 11) is 0. The van der Waals surface area contributed by atoms with E-state index in [2.05, 4.69) is 14.9 Å². The number of nitrogens with zero attached hydrogens (tertiary/aromatic N) is 3. The van der Waals surface area contributed by atoms with Gasteiger partial charge in [-0.1, -0.05) is 0 Å². The molecule has 21 heavy (non-hydrogen) atoms. The number of carboxylic acids is 1. The SMILES string of the molecule is CC(C)(C(=O)O)C1CCCN(c2ncnc3c2CCC3)C1. The van der Waals surface area contributed by atoms with Crippen LogP contribution >= 0.6 is 0 Å². The highest BCUT2D eigenvalue weighted by atomic mass is 16.4. The van der Waals surface area contributed by atoms with Crippen LogP contribution in [0.25, 0.3) is 0 Å². The first-order valence-electron chi connectivity index (χ1n) is 7.81. The van der Waals surface area contributed by atoms with Crippen molar-refractivity contribution >= 4 is 11.8 Å². The van der Waals surface area contributed by atoms with Crippen molar-refractivity contribution in [2.75, 3.05) is 18.0 Å². The Kier molecular flexibility index (Phi) is 3.59. The Hall–Kier alpha value is -1.65. The lowest BCUT2D eigenvalue weighted by atomic mass is 9.74. The van der Waals surface area contributed by atoms with Crippen molar-refractivity contribution in [1.29, 1.82) is 0 Å². The van der Waals surface area contributed by atoms with Gasteiger partial charge in [0.1, 0.15) is 12.1 Å². The Morgan fingerprint density at radius 2 is 2.14 bits per heavy atom. The van der Waals surface area contributed by atoms with E-state index in [1.807, 2.05) is 13.8 Å². The molecule has 0 saturated carbocycles. The smallest absolute Gasteiger partial charge is 0.309 e. The molecule has 0 amide bonds. The number of fused-ring (bicyclic) bond motifs is 1. The summed E-state index contributed by atoms with van der Waals surface area (Å²) in [5.74, 6) is 0.501. The number of piperidine rings is 1. The third-order valence-corrected chi connectivity index (χ3v) is 5.14. The first kappa shape index (κ1) is 14.3. The summed E-state index contributed by atoms with van der Waals surface area (Å²) in [5, 5.41) is 9.46. The molecular formula is C16H23N3O2. The van der Waals surface area contributed by atoms with E-state index in [1.165, 1.54) is 11.3 Å². The highest BCUT2D eigenvalue weighted by Crippen LogP contribution is 2.37. The summed E-state index contributed by atoms with van der Waals surface area (Å²) in [6.07, 6.45) is 6.91. The fourth-order valence-corrected chi connectivity index (χ4v) is 3.55. The maximum atomic E-state index is 11.5. The molecule has 0 spiro atoms. The minimum absolute atomic E-state index is 0.163. The summed E-state index contributed by atoms with van der Waals surface area (Å²) >= 11 is 0. The predicted octanol–water partition coefficient (Wildman–Crippen LogP) is 2.29. The number of aliphatic carboxylic acids is 1. The maximum Gasteiger partial charge on any atom is 0.309 e. The van der Waals surface area contributed by atoms with Gasteiger partial charge in [0.05, 0.1) is 5.41 Å². The quantitative estimate of drug-likeness (QED) is 0.924. The summed E-state index contributed by atoms with van der Waals surface area (Å²) in [6.45, 7) is 5.43. The second-order valence-corrected chi connectivity index (χ2v) is 6.79. The number of aryl methyl sites for hydroxylation is 1. The van der Waals surface area contributed by atoms with Gasteiger partial charge in [0.15, 0.2) is 0 Å². The molecular weight excluding hydrogens is 266 g/mol. The van der Waals surface area contributed by atoms with Crippen LogP contribution in [0.5, 0.6) is 0 Å². The number of aromatic nitrogens is 2. The fourth-order valence-electron chi connectivity index (χ4n) is 3.55. The van der Waals surface area contributed by atoms with Crippen LogP contribution in [0.15, 0.2) is 6.33 Å². The number of carbonyl (C=O) groups is 1. The highest BCUT2D eigenvalue weighted by Gasteiger charge is 2.39. The first-order valence-corrected chi connectivity index (χ1v) is 7.81. The molecule has 0 radical (unpaired) electrons. The lowest BCUT2D eigenvalue weighted by Crippen LogP contribution is -2.45. The van der Waals surface area contributed by atoms with Gasteiger partial charge in [-0.05, 0) is 51.9 Å². The zero-order valence-electron chi connectivity index (χ0n) is 12.8. The van der Waals surface area contributed by atoms with E-state index in [9.17, 15) is 9.90 Å². The molecule has 114 valence electrons. The average Bonchev–Trinajstić information content (AvgIpc) is 2.95. The van der Waals surface area contributed by atoms with Crippen LogP contribution in [0.4, 0.5) is 5.82 Å². The monoisotopic (exact) mass is 289 g/mol. The van der Waals surface area contributed by atoms with E-state index in [-0.39, 0.29) is 5.92 Å². The molecule has 1 aliphatic heterocycles. The van der Waals surface area contributed by atoms with Crippen molar-refractivity contribution in [3.8, 4) is 0 Å². The van der Waals surface area contributed by atoms with Crippen LogP contribution < -0.4 is 4.90 Å². The number of hydrogen-bond donors (Lipinski definition) is 1. The van der Waals surface area contributed by atoms with E-state index < -0.39 is 11.4 Å². The van der Waals surface area contributed by atoms with Crippen molar-refractivity contribution in [2.45, 2.75) is 46.0 Å². The van der Waals surface area contributed by atoms with Crippen molar-refractivity contribution < 1.29 is 9.90 Å². The van der Waals surface area contributed by atoms with Crippen LogP contribution in [-0.4, -0.2) is 34.1 Å². The Morgan fingerprint density at radius 3 is 2.90 bits per heavy atom. The molecule has 2 aliphatic rings. The van der Waals surface area contributed by atoms with Crippen LogP contribution in [0, 0.1) is 11.3 Å². The Labute approximate surface area is 125 Å². The molecule has 1 aromatic heterocycles. The molecule has 1 unspecified atom stereocenters. The lowest BCUT2D eigenvalue weighted by Gasteiger charge is -2.40. The topological polar surface area (TPSA) is 66.3 Å². The molecule has 2 heterocycles. The highest BCUT2D eigenvalue weighted by molar-refractivity contribution is 5.74. The summed E-state index contributed by atoms with van der Waals surface area (Å²) in [4.78, 5) is 22.7. The molecule has 0 bridgehead atoms. The molecule has 5 heteroatoms. The zero-order valence-corrected chi connectivity index (χ0v) is 12.8.